The van der Waals surface area contributed by atoms with Crippen LogP contribution in [0.15, 0.2) is 41.6 Å². The Labute approximate surface area is 181 Å². The quantitative estimate of drug-likeness (QED) is 0.440. The van der Waals surface area contributed by atoms with Gasteiger partial charge in [-0.3, -0.25) is 19.3 Å². The first-order valence-electron chi connectivity index (χ1n) is 8.91. The zero-order chi connectivity index (χ0) is 21.8. The second kappa shape index (κ2) is 9.43. The van der Waals surface area contributed by atoms with Crippen molar-refractivity contribution < 1.29 is 33.8 Å². The number of esters is 1. The summed E-state index contributed by atoms with van der Waals surface area (Å²) < 4.78 is 10.0. The van der Waals surface area contributed by atoms with E-state index < -0.39 is 35.2 Å². The van der Waals surface area contributed by atoms with Crippen LogP contribution in [0.4, 0.5) is 0 Å². The molecule has 0 aliphatic carbocycles. The van der Waals surface area contributed by atoms with Crippen molar-refractivity contribution in [2.45, 2.75) is 22.9 Å². The number of carboxylic acids is 1. The third kappa shape index (κ3) is 4.57. The summed E-state index contributed by atoms with van der Waals surface area (Å²) in [6.45, 7) is 0.746. The number of carbonyl (C=O) groups is 4. The molecule has 9 nitrogen and oxygen atoms in total. The molecule has 1 unspecified atom stereocenters. The molecule has 0 saturated carbocycles. The van der Waals surface area contributed by atoms with Gasteiger partial charge in [-0.25, -0.2) is 4.79 Å². The maximum Gasteiger partial charge on any atom is 0.352 e. The molecule has 0 radical (unpaired) electrons. The molecule has 2 heterocycles. The van der Waals surface area contributed by atoms with E-state index in [1.54, 1.807) is 30.5 Å². The molecule has 0 aromatic heterocycles. The van der Waals surface area contributed by atoms with Gasteiger partial charge in [-0.15, -0.1) is 23.5 Å². The lowest BCUT2D eigenvalue weighted by Gasteiger charge is -2.51. The van der Waals surface area contributed by atoms with Crippen molar-refractivity contribution in [2.24, 2.45) is 0 Å². The lowest BCUT2D eigenvalue weighted by Crippen LogP contribution is -2.71. The van der Waals surface area contributed by atoms with Gasteiger partial charge in [0, 0.05) is 12.5 Å². The molecule has 1 aromatic carbocycles. The van der Waals surface area contributed by atoms with E-state index in [4.69, 9.17) is 9.47 Å². The number of carboxylic acid groups (broad SMARTS) is 1. The molecular weight excluding hydrogens is 432 g/mol. The first-order valence-corrected chi connectivity index (χ1v) is 11.1. The highest BCUT2D eigenvalue weighted by Crippen LogP contribution is 2.47. The van der Waals surface area contributed by atoms with Crippen LogP contribution >= 0.6 is 23.5 Å². The maximum absolute atomic E-state index is 12.6. The van der Waals surface area contributed by atoms with Gasteiger partial charge in [-0.2, -0.15) is 0 Å². The van der Waals surface area contributed by atoms with Crippen molar-refractivity contribution in [3.63, 3.8) is 0 Å². The average molecular weight is 453 g/mol. The average Bonchev–Trinajstić information content (AvgIpc) is 2.73. The number of β-lactam (4-membered cyclic amide) rings is 1. The van der Waals surface area contributed by atoms with E-state index in [9.17, 15) is 24.3 Å². The maximum atomic E-state index is 12.6. The number of nitrogens with zero attached hydrogens (tertiary/aromatic N) is 1. The fourth-order valence-corrected chi connectivity index (χ4v) is 5.60. The number of rotatable bonds is 8. The van der Waals surface area contributed by atoms with Crippen LogP contribution in [0.5, 0.6) is 5.75 Å². The number of hydrogen-bond acceptors (Lipinski definition) is 8. The Balaban J connectivity index is 1.71. The number of nitrogens with one attached hydrogen (secondary N) is 1. The van der Waals surface area contributed by atoms with Crippen molar-refractivity contribution in [3.05, 3.63) is 41.6 Å². The fraction of sp³-hybridized carbons (Fsp3) is 0.368. The number of thioether (sulfide) groups is 2. The summed E-state index contributed by atoms with van der Waals surface area (Å²) in [5, 5.41) is 11.7. The monoisotopic (exact) mass is 452 g/mol. The van der Waals surface area contributed by atoms with Gasteiger partial charge in [0.05, 0.1) is 4.58 Å². The molecule has 0 spiro atoms. The molecule has 1 aromatic rings. The molecule has 0 bridgehead atoms. The molecule has 3 rings (SSSR count). The minimum Gasteiger partial charge on any atom is -0.484 e. The molecule has 11 heteroatoms. The van der Waals surface area contributed by atoms with Crippen molar-refractivity contribution in [1.82, 2.24) is 10.2 Å². The van der Waals surface area contributed by atoms with Crippen molar-refractivity contribution >= 4 is 47.3 Å². The lowest BCUT2D eigenvalue weighted by molar-refractivity contribution is -0.151. The van der Waals surface area contributed by atoms with Gasteiger partial charge in [0.15, 0.2) is 6.61 Å². The van der Waals surface area contributed by atoms with Crippen LogP contribution in [0.3, 0.4) is 0 Å². The highest BCUT2D eigenvalue weighted by atomic mass is 32.2. The van der Waals surface area contributed by atoms with E-state index in [0.717, 1.165) is 4.90 Å². The zero-order valence-corrected chi connectivity index (χ0v) is 17.8. The Bertz CT molecular complexity index is 890. The molecule has 2 aliphatic heterocycles. The van der Waals surface area contributed by atoms with Gasteiger partial charge in [0.1, 0.15) is 29.5 Å². The summed E-state index contributed by atoms with van der Waals surface area (Å²) in [6.07, 6.45) is 1.79. The third-order valence-corrected chi connectivity index (χ3v) is 7.33. The minimum atomic E-state index is -1.29. The number of amides is 2. The Morgan fingerprint density at radius 3 is 2.57 bits per heavy atom. The van der Waals surface area contributed by atoms with Gasteiger partial charge in [-0.1, -0.05) is 18.2 Å². The first-order chi connectivity index (χ1) is 14.3. The smallest absolute Gasteiger partial charge is 0.352 e. The lowest BCUT2D eigenvalue weighted by atomic mass is 10.0. The SMILES string of the molecule is CSC1S[C@@H]2[C@H](NC(=O)COc3ccccc3)C(=O)N2C(C(=O)O)=C1COC(C)=O. The van der Waals surface area contributed by atoms with Gasteiger partial charge in [-0.05, 0) is 18.4 Å². The van der Waals surface area contributed by atoms with Crippen LogP contribution in [0, 0.1) is 0 Å². The number of aliphatic carboxylic acids is 1. The number of para-hydroxylation sites is 1. The largest absolute Gasteiger partial charge is 0.484 e. The number of benzene rings is 1. The van der Waals surface area contributed by atoms with Gasteiger partial charge >= 0.3 is 11.9 Å². The molecule has 30 heavy (non-hydrogen) atoms. The van der Waals surface area contributed by atoms with Crippen LogP contribution < -0.4 is 10.1 Å². The van der Waals surface area contributed by atoms with E-state index >= 15 is 0 Å². The minimum absolute atomic E-state index is 0.199. The van der Waals surface area contributed by atoms with E-state index in [1.807, 2.05) is 6.07 Å². The fourth-order valence-electron chi connectivity index (χ4n) is 3.08. The Morgan fingerprint density at radius 2 is 1.97 bits per heavy atom. The van der Waals surface area contributed by atoms with Crippen molar-refractivity contribution in [3.8, 4) is 5.75 Å². The summed E-state index contributed by atoms with van der Waals surface area (Å²) in [5.74, 6) is -2.32. The third-order valence-electron chi connectivity index (χ3n) is 4.41. The summed E-state index contributed by atoms with van der Waals surface area (Å²) in [6, 6.07) is 7.92. The molecule has 2 N–H and O–H groups in total. The van der Waals surface area contributed by atoms with Crippen molar-refractivity contribution in [2.75, 3.05) is 19.5 Å². The van der Waals surface area contributed by atoms with E-state index in [2.05, 4.69) is 5.32 Å². The summed E-state index contributed by atoms with van der Waals surface area (Å²) in [4.78, 5) is 49.1. The topological polar surface area (TPSA) is 122 Å². The van der Waals surface area contributed by atoms with Crippen LogP contribution in [0.2, 0.25) is 0 Å². The molecule has 2 amide bonds. The van der Waals surface area contributed by atoms with Crippen LogP contribution in [0.25, 0.3) is 0 Å². The van der Waals surface area contributed by atoms with E-state index in [-0.39, 0.29) is 23.5 Å². The summed E-state index contributed by atoms with van der Waals surface area (Å²) in [5.41, 5.74) is 0.146. The molecular formula is C19H20N2O7S2. The zero-order valence-electron chi connectivity index (χ0n) is 16.2. The Morgan fingerprint density at radius 1 is 1.27 bits per heavy atom. The second-order valence-electron chi connectivity index (χ2n) is 6.41. The summed E-state index contributed by atoms with van der Waals surface area (Å²) in [7, 11) is 0. The molecule has 160 valence electrons. The number of carbonyl (C=O) groups excluding carboxylic acids is 3. The van der Waals surface area contributed by atoms with Gasteiger partial charge < -0.3 is 19.9 Å². The number of hydrogen-bond donors (Lipinski definition) is 2. The molecule has 1 fully saturated rings. The molecule has 3 atom stereocenters. The molecule has 1 saturated heterocycles. The van der Waals surface area contributed by atoms with Gasteiger partial charge in [0.2, 0.25) is 0 Å². The number of ether oxygens (including phenoxy) is 2. The standard InChI is InChI=1S/C19H20N2O7S2/c1-10(22)27-8-12-15(18(25)26)21-16(24)14(17(21)30-19(12)29-2)20-13(23)9-28-11-6-4-3-5-7-11/h3-7,14,17,19H,8-9H2,1-2H3,(H,20,23)(H,25,26)/t14-,17-,19?/m1/s1. The van der Waals surface area contributed by atoms with Crippen LogP contribution in [0.1, 0.15) is 6.92 Å². The van der Waals surface area contributed by atoms with Crippen molar-refractivity contribution in [1.29, 1.82) is 0 Å². The summed E-state index contributed by atoms with van der Waals surface area (Å²) >= 11 is 2.70. The van der Waals surface area contributed by atoms with E-state index in [0.29, 0.717) is 11.3 Å². The first kappa shape index (κ1) is 22.0. The normalized spacial score (nSPS) is 22.7. The second-order valence-corrected chi connectivity index (χ2v) is 8.88. The van der Waals surface area contributed by atoms with Crippen LogP contribution in [-0.4, -0.2) is 69.2 Å². The molecule has 2 aliphatic rings. The Hall–Kier alpha value is -2.66. The predicted octanol–water partition coefficient (Wildman–Crippen LogP) is 1.06. The van der Waals surface area contributed by atoms with Gasteiger partial charge in [0.25, 0.3) is 11.8 Å². The predicted molar refractivity (Wildman–Crippen MR) is 111 cm³/mol. The number of fused-ring (bicyclic) bond motifs is 1. The highest BCUT2D eigenvalue weighted by molar-refractivity contribution is 8.17. The highest BCUT2D eigenvalue weighted by Gasteiger charge is 2.56. The Kier molecular flexibility index (Phi) is 6.93. The van der Waals surface area contributed by atoms with E-state index in [1.165, 1.54) is 30.4 Å². The van der Waals surface area contributed by atoms with Crippen LogP contribution in [-0.2, 0) is 23.9 Å².